The molecule has 1 aliphatic carbocycles. The van der Waals surface area contributed by atoms with Gasteiger partial charge in [0.1, 0.15) is 6.10 Å². The zero-order chi connectivity index (χ0) is 13.3. The van der Waals surface area contributed by atoms with Gasteiger partial charge in [0.2, 0.25) is 0 Å². The molecule has 0 spiro atoms. The smallest absolute Gasteiger partial charge is 0.171 e. The van der Waals surface area contributed by atoms with E-state index in [2.05, 4.69) is 6.07 Å². The molecule has 1 unspecified atom stereocenters. The molecule has 1 aromatic rings. The van der Waals surface area contributed by atoms with Crippen LogP contribution in [0.2, 0.25) is 0 Å². The second-order valence-electron chi connectivity index (χ2n) is 6.25. The van der Waals surface area contributed by atoms with E-state index < -0.39 is 11.5 Å². The number of aliphatic hydroxyl groups is 1. The average Bonchev–Trinajstić information content (AvgIpc) is 2.35. The summed E-state index contributed by atoms with van der Waals surface area (Å²) in [5, 5.41) is 10.2. The van der Waals surface area contributed by atoms with Crippen molar-refractivity contribution in [2.75, 3.05) is 0 Å². The maximum atomic E-state index is 12.1. The standard InChI is InChI=1S/C16H22O2/c1-16(2,3)15(18)14(17)13-9-8-11-6-4-5-7-12(11)10-13/h8-10,14,17H,4-7H2,1-3H3. The molecule has 0 saturated heterocycles. The van der Waals surface area contributed by atoms with Crippen LogP contribution in [0.15, 0.2) is 18.2 Å². The summed E-state index contributed by atoms with van der Waals surface area (Å²) in [6.45, 7) is 5.53. The van der Waals surface area contributed by atoms with Gasteiger partial charge in [0.15, 0.2) is 5.78 Å². The summed E-state index contributed by atoms with van der Waals surface area (Å²) in [5.41, 5.74) is 2.92. The number of rotatable bonds is 2. The number of carbonyl (C=O) groups is 1. The number of hydrogen-bond donors (Lipinski definition) is 1. The van der Waals surface area contributed by atoms with Gasteiger partial charge in [-0.25, -0.2) is 0 Å². The molecule has 0 saturated carbocycles. The summed E-state index contributed by atoms with van der Waals surface area (Å²) in [4.78, 5) is 12.1. The van der Waals surface area contributed by atoms with Crippen molar-refractivity contribution in [3.05, 3.63) is 34.9 Å². The van der Waals surface area contributed by atoms with Gasteiger partial charge in [0, 0.05) is 5.41 Å². The Hall–Kier alpha value is -1.15. The summed E-state index contributed by atoms with van der Waals surface area (Å²) < 4.78 is 0. The lowest BCUT2D eigenvalue weighted by Gasteiger charge is -2.23. The van der Waals surface area contributed by atoms with Gasteiger partial charge >= 0.3 is 0 Å². The Bertz CT molecular complexity index is 455. The maximum absolute atomic E-state index is 12.1. The van der Waals surface area contributed by atoms with Gasteiger partial charge in [-0.1, -0.05) is 39.0 Å². The molecular weight excluding hydrogens is 224 g/mol. The molecule has 1 atom stereocenters. The molecule has 0 aromatic heterocycles. The first kappa shape index (κ1) is 13.3. The van der Waals surface area contributed by atoms with Gasteiger partial charge in [-0.15, -0.1) is 0 Å². The third-order valence-electron chi connectivity index (χ3n) is 3.68. The van der Waals surface area contributed by atoms with E-state index in [0.717, 1.165) is 18.4 Å². The second-order valence-corrected chi connectivity index (χ2v) is 6.25. The molecule has 0 radical (unpaired) electrons. The minimum absolute atomic E-state index is 0.113. The first-order valence-corrected chi connectivity index (χ1v) is 6.73. The number of aliphatic hydroxyl groups excluding tert-OH is 1. The fourth-order valence-electron chi connectivity index (χ4n) is 2.48. The quantitative estimate of drug-likeness (QED) is 0.870. The van der Waals surface area contributed by atoms with Crippen molar-refractivity contribution in [1.82, 2.24) is 0 Å². The van der Waals surface area contributed by atoms with Gasteiger partial charge < -0.3 is 5.11 Å². The Morgan fingerprint density at radius 1 is 1.17 bits per heavy atom. The van der Waals surface area contributed by atoms with Crippen molar-refractivity contribution in [3.63, 3.8) is 0 Å². The SMILES string of the molecule is CC(C)(C)C(=O)C(O)c1ccc2c(c1)CCCC2. The van der Waals surface area contributed by atoms with Crippen molar-refractivity contribution < 1.29 is 9.90 Å². The maximum Gasteiger partial charge on any atom is 0.171 e. The van der Waals surface area contributed by atoms with Gasteiger partial charge in [0.05, 0.1) is 0 Å². The minimum Gasteiger partial charge on any atom is -0.381 e. The van der Waals surface area contributed by atoms with E-state index in [4.69, 9.17) is 0 Å². The van der Waals surface area contributed by atoms with Gasteiger partial charge in [-0.2, -0.15) is 0 Å². The molecule has 0 heterocycles. The molecule has 2 rings (SSSR count). The number of aryl methyl sites for hydroxylation is 2. The van der Waals surface area contributed by atoms with Crippen LogP contribution in [0.25, 0.3) is 0 Å². The molecule has 18 heavy (non-hydrogen) atoms. The number of carbonyl (C=O) groups excluding carboxylic acids is 1. The highest BCUT2D eigenvalue weighted by molar-refractivity contribution is 5.88. The van der Waals surface area contributed by atoms with Crippen molar-refractivity contribution in [1.29, 1.82) is 0 Å². The van der Waals surface area contributed by atoms with E-state index in [1.807, 2.05) is 32.9 Å². The summed E-state index contributed by atoms with van der Waals surface area (Å²) in [5.74, 6) is -0.113. The zero-order valence-corrected chi connectivity index (χ0v) is 11.5. The predicted molar refractivity (Wildman–Crippen MR) is 72.5 cm³/mol. The molecule has 98 valence electrons. The van der Waals surface area contributed by atoms with E-state index in [-0.39, 0.29) is 5.78 Å². The number of hydrogen-bond acceptors (Lipinski definition) is 2. The molecule has 2 nitrogen and oxygen atoms in total. The van der Waals surface area contributed by atoms with E-state index in [1.54, 1.807) is 0 Å². The number of fused-ring (bicyclic) bond motifs is 1. The van der Waals surface area contributed by atoms with Crippen molar-refractivity contribution in [2.45, 2.75) is 52.6 Å². The summed E-state index contributed by atoms with van der Waals surface area (Å²) in [7, 11) is 0. The summed E-state index contributed by atoms with van der Waals surface area (Å²) in [6.07, 6.45) is 3.66. The molecule has 1 aromatic carbocycles. The van der Waals surface area contributed by atoms with Crippen LogP contribution in [0.4, 0.5) is 0 Å². The van der Waals surface area contributed by atoms with E-state index in [1.165, 1.54) is 24.0 Å². The molecule has 0 fully saturated rings. The monoisotopic (exact) mass is 246 g/mol. The van der Waals surface area contributed by atoms with Gasteiger partial charge in [-0.05, 0) is 42.4 Å². The van der Waals surface area contributed by atoms with Crippen LogP contribution >= 0.6 is 0 Å². The largest absolute Gasteiger partial charge is 0.381 e. The highest BCUT2D eigenvalue weighted by Gasteiger charge is 2.29. The Labute approximate surface area is 109 Å². The lowest BCUT2D eigenvalue weighted by atomic mass is 9.83. The van der Waals surface area contributed by atoms with Crippen LogP contribution in [0.5, 0.6) is 0 Å². The molecule has 1 aliphatic rings. The molecule has 0 amide bonds. The van der Waals surface area contributed by atoms with E-state index in [9.17, 15) is 9.90 Å². The number of benzene rings is 1. The topological polar surface area (TPSA) is 37.3 Å². The minimum atomic E-state index is -0.989. The van der Waals surface area contributed by atoms with E-state index >= 15 is 0 Å². The van der Waals surface area contributed by atoms with Crippen LogP contribution in [0.1, 0.15) is 56.4 Å². The van der Waals surface area contributed by atoms with E-state index in [0.29, 0.717) is 0 Å². The van der Waals surface area contributed by atoms with Crippen molar-refractivity contribution in [3.8, 4) is 0 Å². The second kappa shape index (κ2) is 4.85. The highest BCUT2D eigenvalue weighted by atomic mass is 16.3. The van der Waals surface area contributed by atoms with Crippen LogP contribution in [0.3, 0.4) is 0 Å². The van der Waals surface area contributed by atoms with Crippen LogP contribution < -0.4 is 0 Å². The first-order chi connectivity index (χ1) is 8.39. The molecular formula is C16H22O2. The number of Topliss-reactive ketones (excluding diaryl/α,β-unsaturated/α-hetero) is 1. The van der Waals surface area contributed by atoms with Crippen LogP contribution in [-0.2, 0) is 17.6 Å². The van der Waals surface area contributed by atoms with Gasteiger partial charge in [-0.3, -0.25) is 4.79 Å². The summed E-state index contributed by atoms with van der Waals surface area (Å²) >= 11 is 0. The fourth-order valence-corrected chi connectivity index (χ4v) is 2.48. The molecule has 0 bridgehead atoms. The Kier molecular flexibility index (Phi) is 3.58. The fraction of sp³-hybridized carbons (Fsp3) is 0.562. The number of ketones is 1. The Balaban J connectivity index is 2.26. The lowest BCUT2D eigenvalue weighted by Crippen LogP contribution is -2.27. The molecule has 1 N–H and O–H groups in total. The Morgan fingerprint density at radius 3 is 2.39 bits per heavy atom. The average molecular weight is 246 g/mol. The lowest BCUT2D eigenvalue weighted by molar-refractivity contribution is -0.135. The third-order valence-corrected chi connectivity index (χ3v) is 3.68. The third kappa shape index (κ3) is 2.64. The predicted octanol–water partition coefficient (Wildman–Crippen LogP) is 3.21. The zero-order valence-electron chi connectivity index (χ0n) is 11.5. The molecule has 0 aliphatic heterocycles. The Morgan fingerprint density at radius 2 is 1.78 bits per heavy atom. The van der Waals surface area contributed by atoms with Crippen molar-refractivity contribution >= 4 is 5.78 Å². The van der Waals surface area contributed by atoms with Crippen LogP contribution in [0, 0.1) is 5.41 Å². The first-order valence-electron chi connectivity index (χ1n) is 6.73. The highest BCUT2D eigenvalue weighted by Crippen LogP contribution is 2.29. The van der Waals surface area contributed by atoms with Gasteiger partial charge in [0.25, 0.3) is 0 Å². The van der Waals surface area contributed by atoms with Crippen molar-refractivity contribution in [2.24, 2.45) is 5.41 Å². The normalized spacial score (nSPS) is 17.1. The molecule has 2 heteroatoms. The van der Waals surface area contributed by atoms with Crippen LogP contribution in [-0.4, -0.2) is 10.9 Å². The summed E-state index contributed by atoms with van der Waals surface area (Å²) in [6, 6.07) is 5.99.